The van der Waals surface area contributed by atoms with E-state index in [4.69, 9.17) is 4.74 Å². The van der Waals surface area contributed by atoms with Gasteiger partial charge in [-0.1, -0.05) is 13.8 Å². The van der Waals surface area contributed by atoms with Crippen LogP contribution in [0.15, 0.2) is 48.9 Å². The highest BCUT2D eigenvalue weighted by atomic mass is 19.1. The fraction of sp³-hybridized carbons (Fsp3) is 0.286. The van der Waals surface area contributed by atoms with Crippen molar-refractivity contribution >= 4 is 28.3 Å². The Kier molecular flexibility index (Phi) is 7.00. The summed E-state index contributed by atoms with van der Waals surface area (Å²) in [4.78, 5) is 20.6. The highest BCUT2D eigenvalue weighted by molar-refractivity contribution is 6.02. The van der Waals surface area contributed by atoms with Gasteiger partial charge in [-0.2, -0.15) is 0 Å². The summed E-state index contributed by atoms with van der Waals surface area (Å²) in [6, 6.07) is 7.32. The van der Waals surface area contributed by atoms with Gasteiger partial charge in [-0.05, 0) is 44.2 Å². The molecule has 2 aromatic heterocycles. The number of nitrogens with one attached hydrogen (secondary N) is 2. The van der Waals surface area contributed by atoms with Crippen molar-refractivity contribution < 1.29 is 13.9 Å². The van der Waals surface area contributed by atoms with Crippen molar-refractivity contribution in [3.05, 3.63) is 60.3 Å². The standard InChI is InChI=1S/C19H19FN4O2.C2H6/c1-19(2,26-3)17-14-9-12(20)6-7-15(14)22-11-16(17)24-18(25)23-13-5-4-8-21-10-13;1-2/h4-11H,1-3H3,(H2,23,24,25);1-2H3. The lowest BCUT2D eigenvalue weighted by Gasteiger charge is -2.27. The monoisotopic (exact) mass is 384 g/mol. The SMILES string of the molecule is CC.COC(C)(C)c1c(NC(=O)Nc2cccnc2)cnc2ccc(F)cc12. The van der Waals surface area contributed by atoms with Crippen molar-refractivity contribution in [2.24, 2.45) is 0 Å². The largest absolute Gasteiger partial charge is 0.374 e. The molecule has 28 heavy (non-hydrogen) atoms. The molecule has 0 unspecified atom stereocenters. The summed E-state index contributed by atoms with van der Waals surface area (Å²) in [6.07, 6.45) is 4.69. The van der Waals surface area contributed by atoms with Crippen LogP contribution in [0.4, 0.5) is 20.6 Å². The normalized spacial score (nSPS) is 10.8. The van der Waals surface area contributed by atoms with Gasteiger partial charge in [-0.3, -0.25) is 9.97 Å². The minimum Gasteiger partial charge on any atom is -0.374 e. The van der Waals surface area contributed by atoms with Crippen molar-refractivity contribution in [3.63, 3.8) is 0 Å². The number of halogens is 1. The maximum atomic E-state index is 13.8. The molecule has 7 heteroatoms. The zero-order valence-corrected chi connectivity index (χ0v) is 16.7. The average molecular weight is 384 g/mol. The molecule has 2 heterocycles. The molecule has 0 spiro atoms. The lowest BCUT2D eigenvalue weighted by atomic mass is 9.92. The molecule has 0 atom stereocenters. The second kappa shape index (κ2) is 9.23. The Hall–Kier alpha value is -3.06. The topological polar surface area (TPSA) is 76.1 Å². The summed E-state index contributed by atoms with van der Waals surface area (Å²) in [7, 11) is 1.56. The van der Waals surface area contributed by atoms with Gasteiger partial charge in [-0.15, -0.1) is 0 Å². The molecule has 2 amide bonds. The number of hydrogen-bond donors (Lipinski definition) is 2. The number of rotatable bonds is 4. The van der Waals surface area contributed by atoms with Gasteiger partial charge in [0.15, 0.2) is 0 Å². The molecule has 3 rings (SSSR count). The first-order chi connectivity index (χ1) is 13.4. The number of carbonyl (C=O) groups excluding carboxylic acids is 1. The van der Waals surface area contributed by atoms with E-state index >= 15 is 0 Å². The number of nitrogens with zero attached hydrogens (tertiary/aromatic N) is 2. The van der Waals surface area contributed by atoms with Crippen LogP contribution in [-0.2, 0) is 10.3 Å². The van der Waals surface area contributed by atoms with Crippen molar-refractivity contribution in [2.75, 3.05) is 17.7 Å². The second-order valence-corrected chi connectivity index (χ2v) is 6.24. The van der Waals surface area contributed by atoms with Gasteiger partial charge in [0, 0.05) is 24.3 Å². The van der Waals surface area contributed by atoms with Crippen LogP contribution < -0.4 is 10.6 Å². The summed E-state index contributed by atoms with van der Waals surface area (Å²) in [5.74, 6) is -0.385. The Balaban J connectivity index is 0.00000136. The summed E-state index contributed by atoms with van der Waals surface area (Å²) in [5, 5.41) is 6.04. The van der Waals surface area contributed by atoms with Gasteiger partial charge >= 0.3 is 6.03 Å². The smallest absolute Gasteiger partial charge is 0.323 e. The van der Waals surface area contributed by atoms with Crippen LogP contribution in [-0.4, -0.2) is 23.1 Å². The Morgan fingerprint density at radius 2 is 1.89 bits per heavy atom. The first-order valence-corrected chi connectivity index (χ1v) is 9.02. The molecule has 148 valence electrons. The molecule has 3 aromatic rings. The van der Waals surface area contributed by atoms with Crippen molar-refractivity contribution in [2.45, 2.75) is 33.3 Å². The van der Waals surface area contributed by atoms with Gasteiger partial charge in [0.25, 0.3) is 0 Å². The molecular formula is C21H25FN4O2. The van der Waals surface area contributed by atoms with Gasteiger partial charge in [0.1, 0.15) is 5.82 Å². The minimum atomic E-state index is -0.772. The van der Waals surface area contributed by atoms with E-state index in [1.807, 2.05) is 27.7 Å². The van der Waals surface area contributed by atoms with Crippen molar-refractivity contribution in [3.8, 4) is 0 Å². The molecule has 0 radical (unpaired) electrons. The van der Waals surface area contributed by atoms with E-state index in [0.717, 1.165) is 0 Å². The first-order valence-electron chi connectivity index (χ1n) is 9.02. The van der Waals surface area contributed by atoms with E-state index in [0.29, 0.717) is 27.8 Å². The maximum Gasteiger partial charge on any atom is 0.323 e. The molecule has 1 aromatic carbocycles. The number of urea groups is 1. The third-order valence-electron chi connectivity index (χ3n) is 4.11. The third-order valence-corrected chi connectivity index (χ3v) is 4.11. The van der Waals surface area contributed by atoms with E-state index in [1.54, 1.807) is 37.7 Å². The van der Waals surface area contributed by atoms with E-state index in [-0.39, 0.29) is 5.82 Å². The number of pyridine rings is 2. The molecule has 0 aliphatic heterocycles. The molecule has 0 fully saturated rings. The number of carbonyl (C=O) groups is 1. The molecule has 6 nitrogen and oxygen atoms in total. The Labute approximate surface area is 164 Å². The predicted octanol–water partition coefficient (Wildman–Crippen LogP) is 5.32. The number of fused-ring (bicyclic) bond motifs is 1. The number of benzene rings is 1. The minimum absolute atomic E-state index is 0.385. The summed E-state index contributed by atoms with van der Waals surface area (Å²) in [6.45, 7) is 7.69. The number of methoxy groups -OCH3 is 1. The van der Waals surface area contributed by atoms with Crippen LogP contribution in [0.1, 0.15) is 33.3 Å². The maximum absolute atomic E-state index is 13.8. The lowest BCUT2D eigenvalue weighted by Crippen LogP contribution is -2.26. The van der Waals surface area contributed by atoms with Gasteiger partial charge < -0.3 is 15.4 Å². The van der Waals surface area contributed by atoms with Crippen LogP contribution in [0.2, 0.25) is 0 Å². The average Bonchev–Trinajstić information content (AvgIpc) is 2.69. The van der Waals surface area contributed by atoms with E-state index < -0.39 is 11.6 Å². The Morgan fingerprint density at radius 3 is 2.54 bits per heavy atom. The molecule has 2 N–H and O–H groups in total. The third kappa shape index (κ3) is 4.80. The first kappa shape index (κ1) is 21.2. The second-order valence-electron chi connectivity index (χ2n) is 6.24. The Bertz CT molecular complexity index is 946. The predicted molar refractivity (Wildman–Crippen MR) is 110 cm³/mol. The number of hydrogen-bond acceptors (Lipinski definition) is 4. The fourth-order valence-corrected chi connectivity index (χ4v) is 2.73. The highest BCUT2D eigenvalue weighted by Crippen LogP contribution is 2.36. The summed E-state index contributed by atoms with van der Waals surface area (Å²) in [5.41, 5.74) is 1.48. The molecule has 0 saturated heterocycles. The molecule has 0 saturated carbocycles. The van der Waals surface area contributed by atoms with Crippen LogP contribution in [0.3, 0.4) is 0 Å². The quantitative estimate of drug-likeness (QED) is 0.638. The van der Waals surface area contributed by atoms with Gasteiger partial charge in [-0.25, -0.2) is 9.18 Å². The zero-order chi connectivity index (χ0) is 20.7. The number of ether oxygens (including phenoxy) is 1. The fourth-order valence-electron chi connectivity index (χ4n) is 2.73. The van der Waals surface area contributed by atoms with E-state index in [1.165, 1.54) is 18.3 Å². The number of aromatic nitrogens is 2. The van der Waals surface area contributed by atoms with E-state index in [2.05, 4.69) is 20.6 Å². The van der Waals surface area contributed by atoms with Crippen molar-refractivity contribution in [1.82, 2.24) is 9.97 Å². The summed E-state index contributed by atoms with van der Waals surface area (Å²) < 4.78 is 19.4. The highest BCUT2D eigenvalue weighted by Gasteiger charge is 2.27. The van der Waals surface area contributed by atoms with Crippen LogP contribution in [0.5, 0.6) is 0 Å². The van der Waals surface area contributed by atoms with Gasteiger partial charge in [0.2, 0.25) is 0 Å². The summed E-state index contributed by atoms with van der Waals surface area (Å²) >= 11 is 0. The molecule has 0 bridgehead atoms. The molecular weight excluding hydrogens is 359 g/mol. The molecule has 0 aliphatic rings. The van der Waals surface area contributed by atoms with Gasteiger partial charge in [0.05, 0.1) is 34.9 Å². The zero-order valence-electron chi connectivity index (χ0n) is 16.7. The van der Waals surface area contributed by atoms with Crippen molar-refractivity contribution in [1.29, 1.82) is 0 Å². The Morgan fingerprint density at radius 1 is 1.14 bits per heavy atom. The van der Waals surface area contributed by atoms with E-state index in [9.17, 15) is 9.18 Å². The van der Waals surface area contributed by atoms with Crippen LogP contribution in [0, 0.1) is 5.82 Å². The lowest BCUT2D eigenvalue weighted by molar-refractivity contribution is 0.0210. The number of amides is 2. The molecule has 0 aliphatic carbocycles. The van der Waals surface area contributed by atoms with Crippen LogP contribution in [0.25, 0.3) is 10.9 Å². The van der Waals surface area contributed by atoms with Crippen LogP contribution >= 0.6 is 0 Å². The number of anilines is 2.